The van der Waals surface area contributed by atoms with Crippen LogP contribution in [0.5, 0.6) is 0 Å². The fourth-order valence-corrected chi connectivity index (χ4v) is 0.945. The maximum atomic E-state index is 9.12. The van der Waals surface area contributed by atoms with E-state index in [4.69, 9.17) is 15.3 Å². The quantitative estimate of drug-likeness (QED) is 0.395. The van der Waals surface area contributed by atoms with Crippen molar-refractivity contribution in [3.05, 3.63) is 24.0 Å². The molecule has 1 saturated heterocycles. The highest BCUT2D eigenvalue weighted by Gasteiger charge is 2.68. The monoisotopic (exact) mass is 142 g/mol. The van der Waals surface area contributed by atoms with Crippen LogP contribution in [0.25, 0.3) is 0 Å². The standard InChI is InChI=1S/C6H6O4/c7-4-1-2-5(8)6(9,3-4)10-5/h1-3,7-9H. The van der Waals surface area contributed by atoms with Gasteiger partial charge in [-0.3, -0.25) is 4.74 Å². The molecule has 10 heavy (non-hydrogen) atoms. The molecular formula is C6H6O4. The zero-order chi connectivity index (χ0) is 7.41. The van der Waals surface area contributed by atoms with Gasteiger partial charge in [-0.1, -0.05) is 0 Å². The number of allylic oxidation sites excluding steroid dienone is 1. The van der Waals surface area contributed by atoms with Crippen molar-refractivity contribution in [2.24, 2.45) is 0 Å². The normalized spacial score (nSPS) is 50.0. The lowest BCUT2D eigenvalue weighted by molar-refractivity contribution is 0.0758. The van der Waals surface area contributed by atoms with Gasteiger partial charge in [-0.05, 0) is 12.2 Å². The zero-order valence-electron chi connectivity index (χ0n) is 4.98. The van der Waals surface area contributed by atoms with Gasteiger partial charge in [0.05, 0.1) is 0 Å². The molecule has 1 fully saturated rings. The van der Waals surface area contributed by atoms with Crippen molar-refractivity contribution in [1.82, 2.24) is 0 Å². The zero-order valence-corrected chi connectivity index (χ0v) is 4.98. The number of hydrogen-bond acceptors (Lipinski definition) is 4. The van der Waals surface area contributed by atoms with Crippen LogP contribution in [0.1, 0.15) is 0 Å². The van der Waals surface area contributed by atoms with Crippen LogP contribution in [0.4, 0.5) is 0 Å². The first kappa shape index (κ1) is 5.91. The second-order valence-electron chi connectivity index (χ2n) is 2.40. The third-order valence-corrected chi connectivity index (χ3v) is 1.61. The summed E-state index contributed by atoms with van der Waals surface area (Å²) < 4.78 is 4.51. The van der Waals surface area contributed by atoms with Gasteiger partial charge >= 0.3 is 0 Å². The summed E-state index contributed by atoms with van der Waals surface area (Å²) in [7, 11) is 0. The lowest BCUT2D eigenvalue weighted by Crippen LogP contribution is -2.23. The summed E-state index contributed by atoms with van der Waals surface area (Å²) in [6, 6.07) is 0. The van der Waals surface area contributed by atoms with Crippen LogP contribution in [0.3, 0.4) is 0 Å². The summed E-state index contributed by atoms with van der Waals surface area (Å²) in [6.45, 7) is 0. The second-order valence-corrected chi connectivity index (χ2v) is 2.40. The van der Waals surface area contributed by atoms with Gasteiger partial charge in [-0.2, -0.15) is 0 Å². The van der Waals surface area contributed by atoms with E-state index >= 15 is 0 Å². The minimum absolute atomic E-state index is 0.107. The third-order valence-electron chi connectivity index (χ3n) is 1.61. The van der Waals surface area contributed by atoms with Crippen molar-refractivity contribution in [3.63, 3.8) is 0 Å². The lowest BCUT2D eigenvalue weighted by atomic mass is 10.1. The van der Waals surface area contributed by atoms with Gasteiger partial charge in [0.2, 0.25) is 5.79 Å². The van der Waals surface area contributed by atoms with Gasteiger partial charge in [0.1, 0.15) is 5.76 Å². The van der Waals surface area contributed by atoms with E-state index < -0.39 is 11.6 Å². The van der Waals surface area contributed by atoms with Crippen LogP contribution in [-0.4, -0.2) is 26.9 Å². The third kappa shape index (κ3) is 0.507. The molecule has 0 saturated carbocycles. The number of aliphatic hydroxyl groups excluding tert-OH is 1. The Labute approximate surface area is 56.7 Å². The Morgan fingerprint density at radius 2 is 2.00 bits per heavy atom. The lowest BCUT2D eigenvalue weighted by Gasteiger charge is -2.05. The largest absolute Gasteiger partial charge is 0.508 e. The molecule has 2 atom stereocenters. The Bertz CT molecular complexity index is 244. The highest BCUT2D eigenvalue weighted by atomic mass is 16.8. The SMILES string of the molecule is OC1=CC2(O)OC2(O)C=C1. The molecule has 54 valence electrons. The Morgan fingerprint density at radius 3 is 2.50 bits per heavy atom. The number of fused-ring (bicyclic) bond motifs is 1. The highest BCUT2D eigenvalue weighted by Crippen LogP contribution is 2.48. The first-order chi connectivity index (χ1) is 4.56. The topological polar surface area (TPSA) is 73.2 Å². The Morgan fingerprint density at radius 1 is 1.30 bits per heavy atom. The number of aliphatic hydroxyl groups is 3. The number of ether oxygens (including phenoxy) is 1. The number of rotatable bonds is 0. The molecule has 2 aliphatic rings. The molecule has 1 heterocycles. The molecular weight excluding hydrogens is 136 g/mol. The van der Waals surface area contributed by atoms with Crippen LogP contribution in [0, 0.1) is 0 Å². The minimum Gasteiger partial charge on any atom is -0.508 e. The van der Waals surface area contributed by atoms with Crippen LogP contribution < -0.4 is 0 Å². The van der Waals surface area contributed by atoms with Gasteiger partial charge < -0.3 is 15.3 Å². The summed E-state index contributed by atoms with van der Waals surface area (Å²) in [5.41, 5.74) is 0. The van der Waals surface area contributed by atoms with Crippen molar-refractivity contribution in [2.75, 3.05) is 0 Å². The molecule has 2 rings (SSSR count). The number of epoxide rings is 1. The predicted molar refractivity (Wildman–Crippen MR) is 30.8 cm³/mol. The summed E-state index contributed by atoms with van der Waals surface area (Å²) in [5, 5.41) is 27.0. The van der Waals surface area contributed by atoms with Crippen LogP contribution in [0.2, 0.25) is 0 Å². The second kappa shape index (κ2) is 1.27. The summed E-state index contributed by atoms with van der Waals surface area (Å²) in [4.78, 5) is 0. The van der Waals surface area contributed by atoms with E-state index in [9.17, 15) is 0 Å². The van der Waals surface area contributed by atoms with Crippen molar-refractivity contribution < 1.29 is 20.1 Å². The van der Waals surface area contributed by atoms with Gasteiger partial charge in [-0.25, -0.2) is 0 Å². The molecule has 1 aliphatic carbocycles. The van der Waals surface area contributed by atoms with E-state index in [0.717, 1.165) is 6.08 Å². The predicted octanol–water partition coefficient (Wildman–Crippen LogP) is -0.595. The molecule has 0 bridgehead atoms. The van der Waals surface area contributed by atoms with E-state index in [1.54, 1.807) is 0 Å². The molecule has 4 nitrogen and oxygen atoms in total. The van der Waals surface area contributed by atoms with Gasteiger partial charge in [-0.15, -0.1) is 0 Å². The highest BCUT2D eigenvalue weighted by molar-refractivity contribution is 5.33. The molecule has 1 aliphatic heterocycles. The first-order valence-corrected chi connectivity index (χ1v) is 2.82. The van der Waals surface area contributed by atoms with Crippen LogP contribution in [0.15, 0.2) is 24.0 Å². The molecule has 2 unspecified atom stereocenters. The van der Waals surface area contributed by atoms with E-state index in [1.807, 2.05) is 0 Å². The molecule has 0 spiro atoms. The molecule has 4 heteroatoms. The Balaban J connectivity index is 2.40. The molecule has 0 aromatic rings. The van der Waals surface area contributed by atoms with E-state index in [2.05, 4.69) is 4.74 Å². The van der Waals surface area contributed by atoms with Gasteiger partial charge in [0.15, 0.2) is 0 Å². The minimum atomic E-state index is -1.69. The van der Waals surface area contributed by atoms with Crippen LogP contribution >= 0.6 is 0 Å². The summed E-state index contributed by atoms with van der Waals surface area (Å²) >= 11 is 0. The summed E-state index contributed by atoms with van der Waals surface area (Å²) in [5.74, 6) is -3.39. The number of hydrogen-bond donors (Lipinski definition) is 3. The van der Waals surface area contributed by atoms with Crippen LogP contribution in [-0.2, 0) is 4.74 Å². The molecule has 0 amide bonds. The van der Waals surface area contributed by atoms with E-state index in [-0.39, 0.29) is 5.76 Å². The molecule has 0 radical (unpaired) electrons. The Kier molecular flexibility index (Phi) is 0.750. The molecule has 3 N–H and O–H groups in total. The average Bonchev–Trinajstić information content (AvgIpc) is 2.33. The fourth-order valence-electron chi connectivity index (χ4n) is 0.945. The fraction of sp³-hybridized carbons (Fsp3) is 0.333. The first-order valence-electron chi connectivity index (χ1n) is 2.82. The van der Waals surface area contributed by atoms with Crippen molar-refractivity contribution in [3.8, 4) is 0 Å². The smallest absolute Gasteiger partial charge is 0.252 e. The van der Waals surface area contributed by atoms with Crippen molar-refractivity contribution in [1.29, 1.82) is 0 Å². The Hall–Kier alpha value is -0.840. The maximum absolute atomic E-state index is 9.12. The summed E-state index contributed by atoms with van der Waals surface area (Å²) in [6.07, 6.45) is 3.51. The van der Waals surface area contributed by atoms with Gasteiger partial charge in [0.25, 0.3) is 5.79 Å². The average molecular weight is 142 g/mol. The van der Waals surface area contributed by atoms with Crippen molar-refractivity contribution in [2.45, 2.75) is 11.6 Å². The molecule has 0 aromatic carbocycles. The maximum Gasteiger partial charge on any atom is 0.252 e. The van der Waals surface area contributed by atoms with E-state index in [0.29, 0.717) is 0 Å². The van der Waals surface area contributed by atoms with E-state index in [1.165, 1.54) is 12.2 Å². The van der Waals surface area contributed by atoms with Gasteiger partial charge in [0, 0.05) is 6.08 Å². The molecule has 0 aromatic heterocycles. The van der Waals surface area contributed by atoms with Crippen molar-refractivity contribution >= 4 is 0 Å².